The number of carboxylic acid groups (broad SMARTS) is 1. The molecule has 31 heavy (non-hydrogen) atoms. The Kier molecular flexibility index (Phi) is 6.68. The van der Waals surface area contributed by atoms with Gasteiger partial charge in [0.1, 0.15) is 0 Å². The van der Waals surface area contributed by atoms with Crippen LogP contribution in [-0.4, -0.2) is 44.9 Å². The van der Waals surface area contributed by atoms with Crippen molar-refractivity contribution < 1.29 is 9.90 Å². The molecule has 1 unspecified atom stereocenters. The van der Waals surface area contributed by atoms with E-state index in [1.807, 2.05) is 48.5 Å². The van der Waals surface area contributed by atoms with Gasteiger partial charge in [0, 0.05) is 29.3 Å². The fourth-order valence-electron chi connectivity index (χ4n) is 4.38. The molecule has 0 saturated carbocycles. The van der Waals surface area contributed by atoms with Gasteiger partial charge in [-0.05, 0) is 56.1 Å². The van der Waals surface area contributed by atoms with Crippen LogP contribution in [0.4, 0.5) is 0 Å². The third kappa shape index (κ3) is 5.14. The van der Waals surface area contributed by atoms with Crippen LogP contribution in [0.1, 0.15) is 36.9 Å². The maximum Gasteiger partial charge on any atom is 0.303 e. The van der Waals surface area contributed by atoms with Gasteiger partial charge < -0.3 is 5.11 Å². The molecule has 0 radical (unpaired) electrons. The molecule has 0 bridgehead atoms. The molecule has 4 rings (SSSR count). The van der Waals surface area contributed by atoms with Gasteiger partial charge in [-0.25, -0.2) is 4.68 Å². The summed E-state index contributed by atoms with van der Waals surface area (Å²) in [5.41, 5.74) is 1.88. The number of aliphatic carboxylic acids is 1. The van der Waals surface area contributed by atoms with Gasteiger partial charge >= 0.3 is 5.97 Å². The van der Waals surface area contributed by atoms with E-state index in [0.717, 1.165) is 42.6 Å². The largest absolute Gasteiger partial charge is 0.481 e. The number of likely N-dealkylation sites (tertiary alicyclic amines) is 1. The van der Waals surface area contributed by atoms with Crippen molar-refractivity contribution >= 4 is 28.3 Å². The first-order chi connectivity index (χ1) is 15.0. The van der Waals surface area contributed by atoms with E-state index in [2.05, 4.69) is 4.90 Å². The Morgan fingerprint density at radius 3 is 2.61 bits per heavy atom. The highest BCUT2D eigenvalue weighted by Crippen LogP contribution is 2.21. The highest BCUT2D eigenvalue weighted by Gasteiger charge is 2.26. The lowest BCUT2D eigenvalue weighted by Gasteiger charge is -2.24. The quantitative estimate of drug-likeness (QED) is 0.574. The van der Waals surface area contributed by atoms with Crippen LogP contribution in [0.15, 0.2) is 53.3 Å². The highest BCUT2D eigenvalue weighted by atomic mass is 35.5. The van der Waals surface area contributed by atoms with Crippen molar-refractivity contribution in [1.82, 2.24) is 14.7 Å². The lowest BCUT2D eigenvalue weighted by atomic mass is 10.0. The molecule has 3 aromatic rings. The first-order valence-electron chi connectivity index (χ1n) is 10.7. The van der Waals surface area contributed by atoms with E-state index < -0.39 is 5.97 Å². The van der Waals surface area contributed by atoms with Crippen LogP contribution in [0.2, 0.25) is 5.02 Å². The monoisotopic (exact) mass is 439 g/mol. The van der Waals surface area contributed by atoms with Crippen molar-refractivity contribution in [2.75, 3.05) is 13.1 Å². The zero-order chi connectivity index (χ0) is 21.8. The molecule has 162 valence electrons. The Labute approximate surface area is 186 Å². The van der Waals surface area contributed by atoms with Crippen molar-refractivity contribution in [3.05, 3.63) is 75.2 Å². The van der Waals surface area contributed by atoms with E-state index in [9.17, 15) is 9.59 Å². The summed E-state index contributed by atoms with van der Waals surface area (Å²) in [5, 5.41) is 15.9. The zero-order valence-electron chi connectivity index (χ0n) is 17.3. The minimum atomic E-state index is -0.769. The smallest absolute Gasteiger partial charge is 0.303 e. The fraction of sp³-hybridized carbons (Fsp3) is 0.375. The summed E-state index contributed by atoms with van der Waals surface area (Å²) in [6, 6.07) is 15.5. The molecule has 7 heteroatoms. The summed E-state index contributed by atoms with van der Waals surface area (Å²) in [6.07, 6.45) is 3.44. The topological polar surface area (TPSA) is 75.4 Å². The molecule has 6 nitrogen and oxygen atoms in total. The Hall–Kier alpha value is -2.70. The fourth-order valence-corrected chi connectivity index (χ4v) is 4.51. The van der Waals surface area contributed by atoms with Crippen molar-refractivity contribution in [1.29, 1.82) is 0 Å². The summed E-state index contributed by atoms with van der Waals surface area (Å²) >= 11 is 6.02. The van der Waals surface area contributed by atoms with Crippen molar-refractivity contribution in [2.45, 2.75) is 44.7 Å². The van der Waals surface area contributed by atoms with Crippen molar-refractivity contribution in [2.24, 2.45) is 0 Å². The molecule has 1 atom stereocenters. The summed E-state index contributed by atoms with van der Waals surface area (Å²) in [4.78, 5) is 26.3. The van der Waals surface area contributed by atoms with Gasteiger partial charge in [0.25, 0.3) is 5.56 Å². The van der Waals surface area contributed by atoms with Crippen LogP contribution in [0.5, 0.6) is 0 Å². The third-order valence-electron chi connectivity index (χ3n) is 5.95. The molecule has 1 aliphatic rings. The maximum atomic E-state index is 13.2. The van der Waals surface area contributed by atoms with E-state index in [1.54, 1.807) is 4.68 Å². The molecule has 1 N–H and O–H groups in total. The number of aromatic nitrogens is 2. The van der Waals surface area contributed by atoms with Crippen molar-refractivity contribution in [3.8, 4) is 0 Å². The Morgan fingerprint density at radius 1 is 1.13 bits per heavy atom. The molecule has 2 aromatic carbocycles. The van der Waals surface area contributed by atoms with Gasteiger partial charge in [-0.15, -0.1) is 0 Å². The van der Waals surface area contributed by atoms with Gasteiger partial charge in [-0.1, -0.05) is 41.9 Å². The van der Waals surface area contributed by atoms with Crippen LogP contribution in [-0.2, 0) is 17.8 Å². The molecule has 0 amide bonds. The number of fused-ring (bicyclic) bond motifs is 1. The van der Waals surface area contributed by atoms with E-state index in [0.29, 0.717) is 29.8 Å². The van der Waals surface area contributed by atoms with Crippen LogP contribution < -0.4 is 5.56 Å². The standard InChI is InChI=1S/C24H26ClN3O3/c25-18-11-9-17(10-12-18)15-22-20-6-1-2-7-21(20)24(31)28(26-22)16-19-5-3-13-27(19)14-4-8-23(29)30/h1-2,6-7,9-12,19H,3-5,8,13-16H2,(H,29,30). The minimum absolute atomic E-state index is 0.0761. The second-order valence-electron chi connectivity index (χ2n) is 8.11. The molecule has 2 heterocycles. The van der Waals surface area contributed by atoms with Crippen molar-refractivity contribution in [3.63, 3.8) is 0 Å². The zero-order valence-corrected chi connectivity index (χ0v) is 18.1. The van der Waals surface area contributed by atoms with Gasteiger partial charge in [-0.2, -0.15) is 5.10 Å². The predicted octanol–water partition coefficient (Wildman–Crippen LogP) is 3.97. The number of halogens is 1. The number of benzene rings is 2. The summed E-state index contributed by atoms with van der Waals surface area (Å²) < 4.78 is 1.60. The summed E-state index contributed by atoms with van der Waals surface area (Å²) in [7, 11) is 0. The average molecular weight is 440 g/mol. The Bertz CT molecular complexity index is 1130. The predicted molar refractivity (Wildman–Crippen MR) is 122 cm³/mol. The molecule has 1 aliphatic heterocycles. The van der Waals surface area contributed by atoms with Gasteiger partial charge in [0.2, 0.25) is 0 Å². The number of carbonyl (C=O) groups is 1. The lowest BCUT2D eigenvalue weighted by Crippen LogP contribution is -2.38. The molecular formula is C24H26ClN3O3. The summed E-state index contributed by atoms with van der Waals surface area (Å²) in [6.45, 7) is 2.19. The van der Waals surface area contributed by atoms with Gasteiger partial charge in [0.15, 0.2) is 0 Å². The molecule has 0 spiro atoms. The molecule has 0 aliphatic carbocycles. The van der Waals surface area contributed by atoms with Crippen LogP contribution in [0, 0.1) is 0 Å². The highest BCUT2D eigenvalue weighted by molar-refractivity contribution is 6.30. The third-order valence-corrected chi connectivity index (χ3v) is 6.20. The minimum Gasteiger partial charge on any atom is -0.481 e. The molecule has 1 fully saturated rings. The maximum absolute atomic E-state index is 13.2. The first-order valence-corrected chi connectivity index (χ1v) is 11.1. The molecule has 1 aromatic heterocycles. The SMILES string of the molecule is O=C(O)CCCN1CCCC1Cn1nc(Cc2ccc(Cl)cc2)c2ccccc2c1=O. The number of carboxylic acids is 1. The van der Waals surface area contributed by atoms with E-state index >= 15 is 0 Å². The van der Waals surface area contributed by atoms with E-state index in [4.69, 9.17) is 21.8 Å². The Balaban J connectivity index is 1.61. The first kappa shape index (κ1) is 21.5. The van der Waals surface area contributed by atoms with Crippen LogP contribution in [0.25, 0.3) is 10.8 Å². The normalized spacial score (nSPS) is 16.7. The van der Waals surface area contributed by atoms with Crippen LogP contribution in [0.3, 0.4) is 0 Å². The average Bonchev–Trinajstić information content (AvgIpc) is 3.19. The second kappa shape index (κ2) is 9.62. The van der Waals surface area contributed by atoms with Gasteiger partial charge in [-0.3, -0.25) is 14.5 Å². The number of hydrogen-bond donors (Lipinski definition) is 1. The molecule has 1 saturated heterocycles. The van der Waals surface area contributed by atoms with Crippen LogP contribution >= 0.6 is 11.6 Å². The van der Waals surface area contributed by atoms with E-state index in [1.165, 1.54) is 0 Å². The lowest BCUT2D eigenvalue weighted by molar-refractivity contribution is -0.137. The number of hydrogen-bond acceptors (Lipinski definition) is 4. The Morgan fingerprint density at radius 2 is 1.87 bits per heavy atom. The molecular weight excluding hydrogens is 414 g/mol. The number of rotatable bonds is 8. The number of nitrogens with zero attached hydrogens (tertiary/aromatic N) is 3. The summed E-state index contributed by atoms with van der Waals surface area (Å²) in [5.74, 6) is -0.769. The second-order valence-corrected chi connectivity index (χ2v) is 8.55. The van der Waals surface area contributed by atoms with Gasteiger partial charge in [0.05, 0.1) is 17.6 Å². The van der Waals surface area contributed by atoms with E-state index in [-0.39, 0.29) is 18.0 Å².